The van der Waals surface area contributed by atoms with Gasteiger partial charge in [-0.25, -0.2) is 0 Å². The average molecular weight is 186 g/mol. The Balaban J connectivity index is 2.57. The fraction of sp³-hybridized carbons (Fsp3) is 0.500. The van der Waals surface area contributed by atoms with Gasteiger partial charge in [0.2, 0.25) is 12.3 Å². The molecule has 7 nitrogen and oxygen atoms in total. The smallest absolute Gasteiger partial charge is 0.246 e. The summed E-state index contributed by atoms with van der Waals surface area (Å²) in [6.07, 6.45) is 0.524. The van der Waals surface area contributed by atoms with Gasteiger partial charge in [0.25, 0.3) is 0 Å². The highest BCUT2D eigenvalue weighted by molar-refractivity contribution is 5.45. The van der Waals surface area contributed by atoms with Crippen molar-refractivity contribution in [1.82, 2.24) is 15.5 Å². The van der Waals surface area contributed by atoms with E-state index in [-0.39, 0.29) is 24.9 Å². The zero-order chi connectivity index (χ0) is 9.68. The molecule has 0 aliphatic rings. The third-order valence-corrected chi connectivity index (χ3v) is 1.35. The Bertz CT molecular complexity index is 275. The SMILES string of the molecule is N[C@@H](CO)c1noc(CNC=O)n1. The quantitative estimate of drug-likeness (QED) is 0.472. The number of rotatable bonds is 5. The number of aromatic nitrogens is 2. The van der Waals surface area contributed by atoms with E-state index in [1.807, 2.05) is 0 Å². The maximum Gasteiger partial charge on any atom is 0.246 e. The summed E-state index contributed by atoms with van der Waals surface area (Å²) in [6.45, 7) is -0.0886. The van der Waals surface area contributed by atoms with Gasteiger partial charge in [-0.2, -0.15) is 4.98 Å². The fourth-order valence-corrected chi connectivity index (χ4v) is 0.701. The molecule has 1 atom stereocenters. The van der Waals surface area contributed by atoms with Gasteiger partial charge in [0, 0.05) is 0 Å². The molecule has 1 aromatic heterocycles. The molecule has 0 aromatic carbocycles. The Morgan fingerprint density at radius 3 is 3.15 bits per heavy atom. The molecule has 7 heteroatoms. The molecule has 13 heavy (non-hydrogen) atoms. The summed E-state index contributed by atoms with van der Waals surface area (Å²) in [6, 6.07) is -0.645. The van der Waals surface area contributed by atoms with Crippen LogP contribution in [0.1, 0.15) is 17.8 Å². The lowest BCUT2D eigenvalue weighted by Gasteiger charge is -1.98. The highest BCUT2D eigenvalue weighted by Crippen LogP contribution is 2.04. The number of carbonyl (C=O) groups is 1. The van der Waals surface area contributed by atoms with Crippen LogP contribution in [0, 0.1) is 0 Å². The Labute approximate surface area is 73.9 Å². The van der Waals surface area contributed by atoms with Crippen LogP contribution in [0.2, 0.25) is 0 Å². The molecule has 72 valence electrons. The van der Waals surface area contributed by atoms with Crippen LogP contribution in [0.3, 0.4) is 0 Å². The van der Waals surface area contributed by atoms with Crippen LogP contribution in [0.4, 0.5) is 0 Å². The number of hydrogen-bond donors (Lipinski definition) is 3. The third kappa shape index (κ3) is 2.49. The number of aliphatic hydroxyl groups excluding tert-OH is 1. The standard InChI is InChI=1S/C6H10N4O3/c7-4(2-11)6-9-5(13-10-6)1-8-3-12/h3-4,11H,1-2,7H2,(H,8,12)/t4-/m0/s1. The van der Waals surface area contributed by atoms with Crippen LogP contribution in [0.5, 0.6) is 0 Å². The highest BCUT2D eigenvalue weighted by Gasteiger charge is 2.12. The second kappa shape index (κ2) is 4.53. The van der Waals surface area contributed by atoms with Crippen LogP contribution in [-0.4, -0.2) is 28.3 Å². The molecular formula is C6H10N4O3. The fourth-order valence-electron chi connectivity index (χ4n) is 0.701. The maximum atomic E-state index is 9.91. The van der Waals surface area contributed by atoms with E-state index >= 15 is 0 Å². The lowest BCUT2D eigenvalue weighted by Crippen LogP contribution is -2.16. The van der Waals surface area contributed by atoms with Gasteiger partial charge >= 0.3 is 0 Å². The summed E-state index contributed by atoms with van der Waals surface area (Å²) in [5, 5.41) is 14.5. The largest absolute Gasteiger partial charge is 0.394 e. The number of aliphatic hydroxyl groups is 1. The van der Waals surface area contributed by atoms with Gasteiger partial charge in [0.1, 0.15) is 0 Å². The van der Waals surface area contributed by atoms with E-state index in [0.29, 0.717) is 6.41 Å². The zero-order valence-corrected chi connectivity index (χ0v) is 6.80. The summed E-state index contributed by atoms with van der Waals surface area (Å²) in [4.78, 5) is 13.7. The summed E-state index contributed by atoms with van der Waals surface area (Å²) >= 11 is 0. The molecule has 1 aromatic rings. The first kappa shape index (κ1) is 9.62. The van der Waals surface area contributed by atoms with Crippen molar-refractivity contribution in [3.8, 4) is 0 Å². The molecule has 1 amide bonds. The van der Waals surface area contributed by atoms with E-state index in [2.05, 4.69) is 15.5 Å². The normalized spacial score (nSPS) is 12.5. The minimum Gasteiger partial charge on any atom is -0.394 e. The molecule has 0 aliphatic carbocycles. The van der Waals surface area contributed by atoms with E-state index in [1.54, 1.807) is 0 Å². The number of amides is 1. The molecule has 0 bridgehead atoms. The van der Waals surface area contributed by atoms with E-state index in [0.717, 1.165) is 0 Å². The molecule has 0 unspecified atom stereocenters. The van der Waals surface area contributed by atoms with Crippen molar-refractivity contribution in [2.24, 2.45) is 5.73 Å². The Kier molecular flexibility index (Phi) is 3.35. The lowest BCUT2D eigenvalue weighted by molar-refractivity contribution is -0.109. The predicted molar refractivity (Wildman–Crippen MR) is 41.2 cm³/mol. The topological polar surface area (TPSA) is 114 Å². The summed E-state index contributed by atoms with van der Waals surface area (Å²) in [5.41, 5.74) is 5.41. The van der Waals surface area contributed by atoms with E-state index in [1.165, 1.54) is 0 Å². The first-order valence-electron chi connectivity index (χ1n) is 3.64. The van der Waals surface area contributed by atoms with E-state index in [4.69, 9.17) is 15.4 Å². The maximum absolute atomic E-state index is 9.91. The van der Waals surface area contributed by atoms with Gasteiger partial charge in [-0.3, -0.25) is 4.79 Å². The molecule has 0 saturated heterocycles. The number of nitrogens with zero attached hydrogens (tertiary/aromatic N) is 2. The van der Waals surface area contributed by atoms with Crippen molar-refractivity contribution in [3.05, 3.63) is 11.7 Å². The van der Waals surface area contributed by atoms with Gasteiger partial charge < -0.3 is 20.7 Å². The molecule has 0 aliphatic heterocycles. The molecular weight excluding hydrogens is 176 g/mol. The number of nitrogens with two attached hydrogens (primary N) is 1. The number of carbonyl (C=O) groups excluding carboxylic acids is 1. The first-order valence-corrected chi connectivity index (χ1v) is 3.64. The highest BCUT2D eigenvalue weighted by atomic mass is 16.5. The molecule has 0 spiro atoms. The van der Waals surface area contributed by atoms with Gasteiger partial charge in [-0.1, -0.05) is 5.16 Å². The number of hydrogen-bond acceptors (Lipinski definition) is 6. The van der Waals surface area contributed by atoms with Gasteiger partial charge in [-0.05, 0) is 0 Å². The third-order valence-electron chi connectivity index (χ3n) is 1.35. The lowest BCUT2D eigenvalue weighted by atomic mass is 10.3. The molecule has 4 N–H and O–H groups in total. The first-order chi connectivity index (χ1) is 6.27. The van der Waals surface area contributed by atoms with Crippen molar-refractivity contribution >= 4 is 6.41 Å². The minimum atomic E-state index is -0.645. The molecule has 0 saturated carbocycles. The average Bonchev–Trinajstić information content (AvgIpc) is 2.62. The van der Waals surface area contributed by atoms with Crippen LogP contribution in [0.25, 0.3) is 0 Å². The van der Waals surface area contributed by atoms with Crippen molar-refractivity contribution in [2.45, 2.75) is 12.6 Å². The van der Waals surface area contributed by atoms with E-state index in [9.17, 15) is 4.79 Å². The predicted octanol–water partition coefficient (Wildman–Crippen LogP) is -1.69. The second-order valence-corrected chi connectivity index (χ2v) is 2.33. The molecule has 1 heterocycles. The number of nitrogens with one attached hydrogen (secondary N) is 1. The molecule has 0 radical (unpaired) electrons. The summed E-state index contributed by atoms with van der Waals surface area (Å²) < 4.78 is 4.72. The van der Waals surface area contributed by atoms with E-state index < -0.39 is 6.04 Å². The van der Waals surface area contributed by atoms with Crippen LogP contribution in [0.15, 0.2) is 4.52 Å². The monoisotopic (exact) mass is 186 g/mol. The van der Waals surface area contributed by atoms with Crippen LogP contribution < -0.4 is 11.1 Å². The van der Waals surface area contributed by atoms with Crippen LogP contribution >= 0.6 is 0 Å². The molecule has 1 rings (SSSR count). The van der Waals surface area contributed by atoms with Gasteiger partial charge in [0.05, 0.1) is 19.2 Å². The summed E-state index contributed by atoms with van der Waals surface area (Å²) in [5.74, 6) is 0.483. The second-order valence-electron chi connectivity index (χ2n) is 2.33. The van der Waals surface area contributed by atoms with Crippen molar-refractivity contribution in [1.29, 1.82) is 0 Å². The van der Waals surface area contributed by atoms with Gasteiger partial charge in [0.15, 0.2) is 5.82 Å². The van der Waals surface area contributed by atoms with Crippen molar-refractivity contribution in [3.63, 3.8) is 0 Å². The van der Waals surface area contributed by atoms with Gasteiger partial charge in [-0.15, -0.1) is 0 Å². The van der Waals surface area contributed by atoms with Crippen molar-refractivity contribution in [2.75, 3.05) is 6.61 Å². The summed E-state index contributed by atoms with van der Waals surface area (Å²) in [7, 11) is 0. The minimum absolute atomic E-state index is 0.161. The Hall–Kier alpha value is -1.47. The zero-order valence-electron chi connectivity index (χ0n) is 6.80. The van der Waals surface area contributed by atoms with Crippen LogP contribution in [-0.2, 0) is 11.3 Å². The Morgan fingerprint density at radius 1 is 1.77 bits per heavy atom. The Morgan fingerprint density at radius 2 is 2.54 bits per heavy atom. The van der Waals surface area contributed by atoms with Crippen molar-refractivity contribution < 1.29 is 14.4 Å². The molecule has 0 fully saturated rings.